The fourth-order valence-electron chi connectivity index (χ4n) is 4.85. The molecule has 8 nitrogen and oxygen atoms in total. The van der Waals surface area contributed by atoms with Gasteiger partial charge in [-0.2, -0.15) is 0 Å². The standard InChI is InChI=1S/C21H16FN5O3/c22-11-5-6-16-15(9-11)24-19(17-18(23)26-30-25-17)27(16)12-7-8-21(10-12)14-4-2-1-3-13(14)20(28)29-21/h1-6,9,12H,7-8,10H2,(H2,23,26)/t12-,21-/m1/s1. The lowest BCUT2D eigenvalue weighted by atomic mass is 9.90. The number of nitrogen functional groups attached to an aromatic ring is 1. The van der Waals surface area contributed by atoms with E-state index in [4.69, 9.17) is 15.1 Å². The Morgan fingerprint density at radius 2 is 2.07 bits per heavy atom. The van der Waals surface area contributed by atoms with Crippen LogP contribution in [0.3, 0.4) is 0 Å². The summed E-state index contributed by atoms with van der Waals surface area (Å²) in [6, 6.07) is 11.9. The molecule has 0 radical (unpaired) electrons. The van der Waals surface area contributed by atoms with Crippen molar-refractivity contribution in [2.45, 2.75) is 30.9 Å². The molecule has 1 saturated carbocycles. The first kappa shape index (κ1) is 17.1. The number of carbonyl (C=O) groups excluding carboxylic acids is 1. The van der Waals surface area contributed by atoms with Crippen molar-refractivity contribution >= 4 is 22.8 Å². The molecule has 4 aromatic rings. The van der Waals surface area contributed by atoms with Gasteiger partial charge in [-0.05, 0) is 41.4 Å². The van der Waals surface area contributed by atoms with Gasteiger partial charge in [0.25, 0.3) is 0 Å². The number of anilines is 1. The molecule has 2 N–H and O–H groups in total. The van der Waals surface area contributed by atoms with Crippen molar-refractivity contribution in [2.24, 2.45) is 0 Å². The minimum atomic E-state index is -0.681. The Bertz CT molecular complexity index is 1330. The maximum atomic E-state index is 13.8. The van der Waals surface area contributed by atoms with Crippen LogP contribution >= 0.6 is 0 Å². The second-order valence-corrected chi connectivity index (χ2v) is 7.76. The quantitative estimate of drug-likeness (QED) is 0.508. The summed E-state index contributed by atoms with van der Waals surface area (Å²) >= 11 is 0. The van der Waals surface area contributed by atoms with E-state index in [9.17, 15) is 9.18 Å². The summed E-state index contributed by atoms with van der Waals surface area (Å²) in [5, 5.41) is 7.55. The lowest BCUT2D eigenvalue weighted by molar-refractivity contribution is -0.00641. The molecule has 0 bridgehead atoms. The molecule has 2 aromatic heterocycles. The largest absolute Gasteiger partial charge is 0.450 e. The summed E-state index contributed by atoms with van der Waals surface area (Å²) in [7, 11) is 0. The molecule has 0 amide bonds. The summed E-state index contributed by atoms with van der Waals surface area (Å²) in [6.45, 7) is 0. The third-order valence-corrected chi connectivity index (χ3v) is 6.12. The Balaban J connectivity index is 1.50. The van der Waals surface area contributed by atoms with Crippen molar-refractivity contribution < 1.29 is 18.6 Å². The Kier molecular flexibility index (Phi) is 3.36. The zero-order valence-corrected chi connectivity index (χ0v) is 15.7. The predicted molar refractivity (Wildman–Crippen MR) is 104 cm³/mol. The summed E-state index contributed by atoms with van der Waals surface area (Å²) < 4.78 is 26.5. The molecule has 0 saturated heterocycles. The molecule has 3 heterocycles. The number of esters is 1. The van der Waals surface area contributed by atoms with Crippen molar-refractivity contribution in [1.29, 1.82) is 0 Å². The number of fused-ring (bicyclic) bond motifs is 3. The normalized spacial score (nSPS) is 22.7. The number of rotatable bonds is 2. The third kappa shape index (κ3) is 2.25. The van der Waals surface area contributed by atoms with Crippen LogP contribution in [0.1, 0.15) is 41.2 Å². The molecule has 150 valence electrons. The second-order valence-electron chi connectivity index (χ2n) is 7.76. The summed E-state index contributed by atoms with van der Waals surface area (Å²) in [6.07, 6.45) is 1.98. The highest BCUT2D eigenvalue weighted by Crippen LogP contribution is 2.53. The summed E-state index contributed by atoms with van der Waals surface area (Å²) in [5.41, 5.74) is 8.30. The minimum Gasteiger partial charge on any atom is -0.450 e. The Morgan fingerprint density at radius 3 is 2.90 bits per heavy atom. The first-order chi connectivity index (χ1) is 14.6. The fourth-order valence-corrected chi connectivity index (χ4v) is 4.85. The summed E-state index contributed by atoms with van der Waals surface area (Å²) in [5.74, 6) is -0.119. The molecule has 1 fully saturated rings. The third-order valence-electron chi connectivity index (χ3n) is 6.12. The van der Waals surface area contributed by atoms with Crippen LogP contribution in [0.15, 0.2) is 47.1 Å². The molecule has 30 heavy (non-hydrogen) atoms. The molecule has 2 aliphatic rings. The highest BCUT2D eigenvalue weighted by Gasteiger charge is 2.51. The number of aromatic nitrogens is 4. The molecule has 2 atom stereocenters. The second kappa shape index (κ2) is 5.88. The van der Waals surface area contributed by atoms with E-state index in [2.05, 4.69) is 15.3 Å². The van der Waals surface area contributed by atoms with Crippen LogP contribution in [0.2, 0.25) is 0 Å². The highest BCUT2D eigenvalue weighted by atomic mass is 19.1. The van der Waals surface area contributed by atoms with Gasteiger partial charge in [-0.15, -0.1) is 0 Å². The SMILES string of the molecule is Nc1nonc1-c1nc2cc(F)ccc2n1[C@@H]1CC[C@]2(C1)OC(=O)c1ccccc12. The van der Waals surface area contributed by atoms with Crippen LogP contribution in [0.25, 0.3) is 22.6 Å². The van der Waals surface area contributed by atoms with E-state index in [1.165, 1.54) is 12.1 Å². The minimum absolute atomic E-state index is 0.0643. The highest BCUT2D eigenvalue weighted by molar-refractivity contribution is 5.94. The number of benzene rings is 2. The van der Waals surface area contributed by atoms with E-state index >= 15 is 0 Å². The van der Waals surface area contributed by atoms with Gasteiger partial charge in [0.1, 0.15) is 11.4 Å². The van der Waals surface area contributed by atoms with Crippen LogP contribution in [0, 0.1) is 5.82 Å². The molecule has 9 heteroatoms. The Labute approximate surface area is 169 Å². The van der Waals surface area contributed by atoms with Gasteiger partial charge in [-0.25, -0.2) is 18.8 Å². The topological polar surface area (TPSA) is 109 Å². The molecule has 1 aliphatic carbocycles. The number of nitrogens with two attached hydrogens (primary N) is 1. The van der Waals surface area contributed by atoms with E-state index in [0.29, 0.717) is 35.4 Å². The van der Waals surface area contributed by atoms with Crippen molar-refractivity contribution in [1.82, 2.24) is 19.9 Å². The number of hydrogen-bond acceptors (Lipinski definition) is 7. The van der Waals surface area contributed by atoms with Gasteiger partial charge in [-0.3, -0.25) is 0 Å². The van der Waals surface area contributed by atoms with Crippen molar-refractivity contribution in [3.05, 3.63) is 59.4 Å². The average molecular weight is 405 g/mol. The van der Waals surface area contributed by atoms with Gasteiger partial charge in [0.15, 0.2) is 17.3 Å². The van der Waals surface area contributed by atoms with Gasteiger partial charge < -0.3 is 15.0 Å². The number of imidazole rings is 1. The molecule has 6 rings (SSSR count). The number of carbonyl (C=O) groups is 1. The van der Waals surface area contributed by atoms with Crippen molar-refractivity contribution in [3.8, 4) is 11.5 Å². The Hall–Kier alpha value is -3.75. The van der Waals surface area contributed by atoms with Crippen LogP contribution in [0.5, 0.6) is 0 Å². The predicted octanol–water partition coefficient (Wildman–Crippen LogP) is 3.60. The molecular weight excluding hydrogens is 389 g/mol. The monoisotopic (exact) mass is 405 g/mol. The maximum absolute atomic E-state index is 13.8. The van der Waals surface area contributed by atoms with E-state index < -0.39 is 5.60 Å². The fraction of sp³-hybridized carbons (Fsp3) is 0.238. The molecule has 2 aromatic carbocycles. The molecular formula is C21H16FN5O3. The zero-order valence-electron chi connectivity index (χ0n) is 15.7. The number of ether oxygens (including phenoxy) is 1. The number of halogens is 1. The first-order valence-electron chi connectivity index (χ1n) is 9.64. The Morgan fingerprint density at radius 1 is 1.20 bits per heavy atom. The van der Waals surface area contributed by atoms with E-state index in [1.807, 2.05) is 22.8 Å². The van der Waals surface area contributed by atoms with Gasteiger partial charge in [0.2, 0.25) is 0 Å². The molecule has 0 unspecified atom stereocenters. The van der Waals surface area contributed by atoms with Crippen molar-refractivity contribution in [3.63, 3.8) is 0 Å². The van der Waals surface area contributed by atoms with Crippen LogP contribution in [-0.4, -0.2) is 25.8 Å². The van der Waals surface area contributed by atoms with Crippen LogP contribution in [0.4, 0.5) is 10.2 Å². The van der Waals surface area contributed by atoms with Crippen molar-refractivity contribution in [2.75, 3.05) is 5.73 Å². The lowest BCUT2D eigenvalue weighted by Gasteiger charge is -2.24. The van der Waals surface area contributed by atoms with Crippen LogP contribution < -0.4 is 5.73 Å². The van der Waals surface area contributed by atoms with Gasteiger partial charge in [-0.1, -0.05) is 18.2 Å². The van der Waals surface area contributed by atoms with Gasteiger partial charge in [0, 0.05) is 24.1 Å². The first-order valence-corrected chi connectivity index (χ1v) is 9.64. The van der Waals surface area contributed by atoms with Gasteiger partial charge in [0.05, 0.1) is 16.6 Å². The lowest BCUT2D eigenvalue weighted by Crippen LogP contribution is -2.23. The van der Waals surface area contributed by atoms with E-state index in [-0.39, 0.29) is 23.6 Å². The smallest absolute Gasteiger partial charge is 0.339 e. The van der Waals surface area contributed by atoms with Crippen LogP contribution in [-0.2, 0) is 10.3 Å². The number of hydrogen-bond donors (Lipinski definition) is 1. The van der Waals surface area contributed by atoms with Gasteiger partial charge >= 0.3 is 5.97 Å². The number of nitrogens with zero attached hydrogens (tertiary/aromatic N) is 4. The average Bonchev–Trinajstić information content (AvgIpc) is 3.48. The molecule has 1 aliphatic heterocycles. The van der Waals surface area contributed by atoms with E-state index in [0.717, 1.165) is 17.5 Å². The maximum Gasteiger partial charge on any atom is 0.339 e. The summed E-state index contributed by atoms with van der Waals surface area (Å²) in [4.78, 5) is 17.0. The zero-order chi connectivity index (χ0) is 20.5. The van der Waals surface area contributed by atoms with E-state index in [1.54, 1.807) is 12.1 Å². The molecule has 1 spiro atoms.